The molecule has 0 unspecified atom stereocenters. The Bertz CT molecular complexity index is 460. The lowest BCUT2D eigenvalue weighted by molar-refractivity contribution is 0.0845. The first-order valence-electron chi connectivity index (χ1n) is 6.43. The van der Waals surface area contributed by atoms with Gasteiger partial charge in [0.05, 0.1) is 18.3 Å². The lowest BCUT2D eigenvalue weighted by atomic mass is 10.1. The third kappa shape index (κ3) is 4.44. The smallest absolute Gasteiger partial charge is 0.139 e. The molecule has 0 bridgehead atoms. The number of ether oxygens (including phenoxy) is 1. The number of nitrogens with zero attached hydrogens (tertiary/aromatic N) is 2. The van der Waals surface area contributed by atoms with Crippen molar-refractivity contribution >= 4 is 23.0 Å². The van der Waals surface area contributed by atoms with Crippen molar-refractivity contribution in [3.63, 3.8) is 0 Å². The Morgan fingerprint density at radius 2 is 2.11 bits per heavy atom. The summed E-state index contributed by atoms with van der Waals surface area (Å²) in [4.78, 5) is 6.98. The van der Waals surface area contributed by atoms with E-state index in [2.05, 4.69) is 4.98 Å². The summed E-state index contributed by atoms with van der Waals surface area (Å²) in [5.41, 5.74) is 8.69. The predicted molar refractivity (Wildman–Crippen MR) is 84.0 cm³/mol. The van der Waals surface area contributed by atoms with Crippen LogP contribution in [0, 0.1) is 13.8 Å². The number of likely N-dealkylation sites (N-methyl/N-ethyl adjacent to an activating group) is 1. The molecular formula is C14H23N3OS. The van der Waals surface area contributed by atoms with Crippen LogP contribution in [0.1, 0.15) is 30.7 Å². The molecule has 1 aromatic heterocycles. The van der Waals surface area contributed by atoms with Gasteiger partial charge in [0, 0.05) is 19.3 Å². The van der Waals surface area contributed by atoms with Crippen LogP contribution in [0.4, 0.5) is 5.82 Å². The van der Waals surface area contributed by atoms with Crippen LogP contribution in [0.25, 0.3) is 0 Å². The van der Waals surface area contributed by atoms with Crippen molar-refractivity contribution in [1.82, 2.24) is 4.98 Å². The molecule has 2 N–H and O–H groups in total. The number of nitrogens with two attached hydrogens (primary N) is 1. The maximum absolute atomic E-state index is 5.81. The van der Waals surface area contributed by atoms with E-state index in [4.69, 9.17) is 22.7 Å². The summed E-state index contributed by atoms with van der Waals surface area (Å²) in [5, 5.41) is 0. The number of anilines is 1. The Balaban J connectivity index is 2.94. The third-order valence-corrected chi connectivity index (χ3v) is 3.02. The highest BCUT2D eigenvalue weighted by atomic mass is 32.1. The highest BCUT2D eigenvalue weighted by Gasteiger charge is 2.15. The molecule has 0 radical (unpaired) electrons. The van der Waals surface area contributed by atoms with Gasteiger partial charge in [0.2, 0.25) is 0 Å². The summed E-state index contributed by atoms with van der Waals surface area (Å²) >= 11 is 5.13. The molecule has 0 fully saturated rings. The summed E-state index contributed by atoms with van der Waals surface area (Å²) in [7, 11) is 1.98. The summed E-state index contributed by atoms with van der Waals surface area (Å²) in [6, 6.07) is 2.00. The monoisotopic (exact) mass is 281 g/mol. The standard InChI is InChI=1S/C14H23N3OS/c1-9(2)18-7-6-17(5)14-12(13(15)19)10(3)8-11(4)16-14/h8-9H,6-7H2,1-5H3,(H2,15,19). The first-order chi connectivity index (χ1) is 8.82. The molecule has 0 aromatic carbocycles. The Labute approximate surface area is 121 Å². The lowest BCUT2D eigenvalue weighted by Crippen LogP contribution is -2.28. The number of rotatable bonds is 6. The number of pyridine rings is 1. The number of thiocarbonyl (C=S) groups is 1. The molecule has 0 saturated carbocycles. The Kier molecular flexibility index (Phi) is 5.69. The van der Waals surface area contributed by atoms with E-state index in [-0.39, 0.29) is 6.10 Å². The van der Waals surface area contributed by atoms with Crippen molar-refractivity contribution in [2.75, 3.05) is 25.1 Å². The zero-order valence-corrected chi connectivity index (χ0v) is 13.2. The number of aromatic nitrogens is 1. The molecule has 0 aliphatic heterocycles. The predicted octanol–water partition coefficient (Wildman–Crippen LogP) is 2.19. The average molecular weight is 281 g/mol. The van der Waals surface area contributed by atoms with Gasteiger partial charge in [0.25, 0.3) is 0 Å². The first kappa shape index (κ1) is 15.9. The number of aryl methyl sites for hydroxylation is 2. The van der Waals surface area contributed by atoms with Crippen LogP contribution < -0.4 is 10.6 Å². The third-order valence-electron chi connectivity index (χ3n) is 2.81. The zero-order valence-electron chi connectivity index (χ0n) is 12.4. The van der Waals surface area contributed by atoms with Crippen LogP contribution in [-0.2, 0) is 4.74 Å². The van der Waals surface area contributed by atoms with Gasteiger partial charge in [0.1, 0.15) is 10.8 Å². The SMILES string of the molecule is Cc1cc(C)c(C(N)=S)c(N(C)CCOC(C)C)n1. The topological polar surface area (TPSA) is 51.4 Å². The van der Waals surface area contributed by atoms with Crippen molar-refractivity contribution in [3.8, 4) is 0 Å². The molecule has 1 aromatic rings. The quantitative estimate of drug-likeness (QED) is 0.810. The minimum atomic E-state index is 0.232. The van der Waals surface area contributed by atoms with E-state index in [1.54, 1.807) is 0 Å². The van der Waals surface area contributed by atoms with Gasteiger partial charge in [-0.3, -0.25) is 0 Å². The molecule has 19 heavy (non-hydrogen) atoms. The van der Waals surface area contributed by atoms with Crippen molar-refractivity contribution < 1.29 is 4.74 Å². The molecule has 4 nitrogen and oxygen atoms in total. The van der Waals surface area contributed by atoms with Gasteiger partial charge in [0.15, 0.2) is 0 Å². The van der Waals surface area contributed by atoms with Gasteiger partial charge < -0.3 is 15.4 Å². The van der Waals surface area contributed by atoms with Crippen molar-refractivity contribution in [1.29, 1.82) is 0 Å². The molecule has 1 rings (SSSR count). The second kappa shape index (κ2) is 6.82. The minimum absolute atomic E-state index is 0.232. The van der Waals surface area contributed by atoms with Crippen molar-refractivity contribution in [3.05, 3.63) is 22.9 Å². The fourth-order valence-electron chi connectivity index (χ4n) is 1.93. The van der Waals surface area contributed by atoms with E-state index < -0.39 is 0 Å². The van der Waals surface area contributed by atoms with Crippen LogP contribution >= 0.6 is 12.2 Å². The van der Waals surface area contributed by atoms with E-state index >= 15 is 0 Å². The second-order valence-electron chi connectivity index (χ2n) is 4.98. The van der Waals surface area contributed by atoms with Crippen molar-refractivity contribution in [2.45, 2.75) is 33.8 Å². The van der Waals surface area contributed by atoms with Gasteiger partial charge in [-0.05, 0) is 39.3 Å². The largest absolute Gasteiger partial charge is 0.389 e. The Morgan fingerprint density at radius 1 is 1.47 bits per heavy atom. The van der Waals surface area contributed by atoms with E-state index in [0.717, 1.165) is 29.2 Å². The molecule has 0 spiro atoms. The van der Waals surface area contributed by atoms with Crippen LogP contribution in [0.15, 0.2) is 6.07 Å². The molecule has 5 heteroatoms. The van der Waals surface area contributed by atoms with Gasteiger partial charge in [-0.1, -0.05) is 12.2 Å². The molecule has 0 amide bonds. The van der Waals surface area contributed by atoms with E-state index in [9.17, 15) is 0 Å². The van der Waals surface area contributed by atoms with Gasteiger partial charge in [-0.15, -0.1) is 0 Å². The summed E-state index contributed by atoms with van der Waals surface area (Å²) in [6.07, 6.45) is 0.232. The fraction of sp³-hybridized carbons (Fsp3) is 0.571. The van der Waals surface area contributed by atoms with E-state index in [1.807, 2.05) is 45.7 Å². The molecule has 106 valence electrons. The van der Waals surface area contributed by atoms with Crippen LogP contribution in [0.3, 0.4) is 0 Å². The lowest BCUT2D eigenvalue weighted by Gasteiger charge is -2.23. The van der Waals surface area contributed by atoms with Crippen LogP contribution in [-0.4, -0.2) is 36.3 Å². The second-order valence-corrected chi connectivity index (χ2v) is 5.42. The molecule has 0 saturated heterocycles. The normalized spacial score (nSPS) is 10.8. The summed E-state index contributed by atoms with van der Waals surface area (Å²) in [5.74, 6) is 0.831. The van der Waals surface area contributed by atoms with E-state index in [0.29, 0.717) is 11.6 Å². The molecule has 0 aliphatic rings. The highest BCUT2D eigenvalue weighted by Crippen LogP contribution is 2.21. The fourth-order valence-corrected chi connectivity index (χ4v) is 2.18. The first-order valence-corrected chi connectivity index (χ1v) is 6.84. The Morgan fingerprint density at radius 3 is 2.63 bits per heavy atom. The highest BCUT2D eigenvalue weighted by molar-refractivity contribution is 7.80. The minimum Gasteiger partial charge on any atom is -0.389 e. The molecule has 1 heterocycles. The van der Waals surface area contributed by atoms with Crippen molar-refractivity contribution in [2.24, 2.45) is 5.73 Å². The molecule has 0 aliphatic carbocycles. The summed E-state index contributed by atoms with van der Waals surface area (Å²) in [6.45, 7) is 9.43. The maximum Gasteiger partial charge on any atom is 0.139 e. The van der Waals surface area contributed by atoms with E-state index in [1.165, 1.54) is 0 Å². The molecule has 0 atom stereocenters. The van der Waals surface area contributed by atoms with Gasteiger partial charge in [-0.25, -0.2) is 4.98 Å². The van der Waals surface area contributed by atoms with Crippen LogP contribution in [0.2, 0.25) is 0 Å². The zero-order chi connectivity index (χ0) is 14.6. The number of hydrogen-bond donors (Lipinski definition) is 1. The summed E-state index contributed by atoms with van der Waals surface area (Å²) < 4.78 is 5.56. The van der Waals surface area contributed by atoms with Crippen LogP contribution in [0.5, 0.6) is 0 Å². The molecular weight excluding hydrogens is 258 g/mol. The number of hydrogen-bond acceptors (Lipinski definition) is 4. The Hall–Kier alpha value is -1.20. The van der Waals surface area contributed by atoms with Gasteiger partial charge in [-0.2, -0.15) is 0 Å². The maximum atomic E-state index is 5.81. The average Bonchev–Trinajstić information content (AvgIpc) is 2.26. The van der Waals surface area contributed by atoms with Gasteiger partial charge >= 0.3 is 0 Å².